The Labute approximate surface area is 114 Å². The Morgan fingerprint density at radius 2 is 1.84 bits per heavy atom. The van der Waals surface area contributed by atoms with Gasteiger partial charge in [0.05, 0.1) is 18.6 Å². The van der Waals surface area contributed by atoms with Gasteiger partial charge in [-0.05, 0) is 12.8 Å². The van der Waals surface area contributed by atoms with E-state index in [0.717, 1.165) is 19.3 Å². The van der Waals surface area contributed by atoms with E-state index in [9.17, 15) is 9.59 Å². The van der Waals surface area contributed by atoms with Crippen LogP contribution in [0.3, 0.4) is 0 Å². The van der Waals surface area contributed by atoms with Crippen molar-refractivity contribution in [2.75, 3.05) is 20.3 Å². The minimum Gasteiger partial charge on any atom is -0.481 e. The number of ether oxygens (including phenoxy) is 1. The van der Waals surface area contributed by atoms with Gasteiger partial charge in [-0.25, -0.2) is 4.79 Å². The lowest BCUT2D eigenvalue weighted by atomic mass is 10.0. The second-order valence-electron chi connectivity index (χ2n) is 4.62. The van der Waals surface area contributed by atoms with Gasteiger partial charge in [0.2, 0.25) is 0 Å². The summed E-state index contributed by atoms with van der Waals surface area (Å²) >= 11 is 0. The van der Waals surface area contributed by atoms with Gasteiger partial charge in [-0.3, -0.25) is 4.79 Å². The standard InChI is InChI=1S/C13H26N2O4/c1-4-6-10(12(16)17)8-14-13(18)15-11(7-5-2)9-19-3/h10-11H,4-9H2,1-3H3,(H,16,17)(H2,14,15,18). The summed E-state index contributed by atoms with van der Waals surface area (Å²) in [4.78, 5) is 22.6. The van der Waals surface area contributed by atoms with Gasteiger partial charge in [0.1, 0.15) is 0 Å². The van der Waals surface area contributed by atoms with Crippen molar-refractivity contribution in [3.05, 3.63) is 0 Å². The lowest BCUT2D eigenvalue weighted by Crippen LogP contribution is -2.46. The number of carboxylic acids is 1. The van der Waals surface area contributed by atoms with Crippen molar-refractivity contribution >= 4 is 12.0 Å². The summed E-state index contributed by atoms with van der Waals surface area (Å²) in [6, 6.07) is -0.373. The molecule has 2 amide bonds. The van der Waals surface area contributed by atoms with E-state index in [4.69, 9.17) is 9.84 Å². The number of methoxy groups -OCH3 is 1. The van der Waals surface area contributed by atoms with Gasteiger partial charge in [-0.2, -0.15) is 0 Å². The minimum atomic E-state index is -0.871. The van der Waals surface area contributed by atoms with Crippen LogP contribution in [-0.2, 0) is 9.53 Å². The Kier molecular flexibility index (Phi) is 9.88. The van der Waals surface area contributed by atoms with Crippen LogP contribution in [0, 0.1) is 5.92 Å². The second-order valence-corrected chi connectivity index (χ2v) is 4.62. The second kappa shape index (κ2) is 10.6. The van der Waals surface area contributed by atoms with Crippen molar-refractivity contribution in [1.29, 1.82) is 0 Å². The van der Waals surface area contributed by atoms with Crippen LogP contribution in [0.4, 0.5) is 4.79 Å². The van der Waals surface area contributed by atoms with Gasteiger partial charge in [0.15, 0.2) is 0 Å². The highest BCUT2D eigenvalue weighted by molar-refractivity contribution is 5.76. The molecule has 0 aliphatic rings. The molecule has 0 saturated carbocycles. The van der Waals surface area contributed by atoms with E-state index < -0.39 is 11.9 Å². The van der Waals surface area contributed by atoms with E-state index in [1.807, 2.05) is 13.8 Å². The molecule has 0 saturated heterocycles. The number of aliphatic carboxylic acids is 1. The molecule has 112 valence electrons. The monoisotopic (exact) mass is 274 g/mol. The van der Waals surface area contributed by atoms with E-state index in [2.05, 4.69) is 10.6 Å². The average molecular weight is 274 g/mol. The fourth-order valence-corrected chi connectivity index (χ4v) is 1.86. The average Bonchev–Trinajstić information content (AvgIpc) is 2.34. The van der Waals surface area contributed by atoms with Crippen LogP contribution in [0.1, 0.15) is 39.5 Å². The van der Waals surface area contributed by atoms with Gasteiger partial charge in [-0.15, -0.1) is 0 Å². The predicted molar refractivity (Wildman–Crippen MR) is 73.1 cm³/mol. The zero-order valence-electron chi connectivity index (χ0n) is 12.1. The van der Waals surface area contributed by atoms with Crippen LogP contribution < -0.4 is 10.6 Å². The van der Waals surface area contributed by atoms with Crippen LogP contribution >= 0.6 is 0 Å². The summed E-state index contributed by atoms with van der Waals surface area (Å²) in [5.41, 5.74) is 0. The molecular weight excluding hydrogens is 248 g/mol. The molecule has 0 aliphatic carbocycles. The number of hydrogen-bond donors (Lipinski definition) is 3. The number of carbonyl (C=O) groups excluding carboxylic acids is 1. The van der Waals surface area contributed by atoms with Gasteiger partial charge >= 0.3 is 12.0 Å². The molecule has 0 rings (SSSR count). The quantitative estimate of drug-likeness (QED) is 0.564. The fourth-order valence-electron chi connectivity index (χ4n) is 1.86. The molecule has 0 spiro atoms. The molecule has 2 atom stereocenters. The number of urea groups is 1. The molecule has 0 bridgehead atoms. The van der Waals surface area contributed by atoms with Crippen LogP contribution in [0.2, 0.25) is 0 Å². The maximum Gasteiger partial charge on any atom is 0.315 e. The molecule has 2 unspecified atom stereocenters. The summed E-state index contributed by atoms with van der Waals surface area (Å²) in [5.74, 6) is -1.40. The first kappa shape index (κ1) is 17.7. The molecule has 0 aromatic heterocycles. The topological polar surface area (TPSA) is 87.7 Å². The number of amides is 2. The molecule has 0 aromatic rings. The lowest BCUT2D eigenvalue weighted by molar-refractivity contribution is -0.141. The number of nitrogens with one attached hydrogen (secondary N) is 2. The molecule has 0 fully saturated rings. The van der Waals surface area contributed by atoms with Crippen molar-refractivity contribution in [3.8, 4) is 0 Å². The van der Waals surface area contributed by atoms with Gasteiger partial charge in [-0.1, -0.05) is 26.7 Å². The third-order valence-corrected chi connectivity index (χ3v) is 2.84. The summed E-state index contributed by atoms with van der Waals surface area (Å²) in [6.45, 7) is 4.56. The van der Waals surface area contributed by atoms with E-state index >= 15 is 0 Å². The first-order valence-electron chi connectivity index (χ1n) is 6.81. The number of rotatable bonds is 10. The highest BCUT2D eigenvalue weighted by Gasteiger charge is 2.18. The van der Waals surface area contributed by atoms with Crippen LogP contribution in [0.15, 0.2) is 0 Å². The predicted octanol–water partition coefficient (Wildman–Crippen LogP) is 1.60. The Morgan fingerprint density at radius 3 is 2.32 bits per heavy atom. The molecule has 6 nitrogen and oxygen atoms in total. The van der Waals surface area contributed by atoms with E-state index in [0.29, 0.717) is 13.0 Å². The Bertz CT molecular complexity index is 265. The van der Waals surface area contributed by atoms with Gasteiger partial charge in [0, 0.05) is 13.7 Å². The largest absolute Gasteiger partial charge is 0.481 e. The summed E-state index contributed by atoms with van der Waals surface area (Å²) in [6.07, 6.45) is 3.12. The van der Waals surface area contributed by atoms with E-state index in [1.165, 1.54) is 0 Å². The number of carboxylic acid groups (broad SMARTS) is 1. The van der Waals surface area contributed by atoms with Crippen LogP contribution in [0.5, 0.6) is 0 Å². The van der Waals surface area contributed by atoms with Crippen molar-refractivity contribution < 1.29 is 19.4 Å². The maximum atomic E-state index is 11.7. The van der Waals surface area contributed by atoms with Crippen LogP contribution in [-0.4, -0.2) is 43.4 Å². The Hall–Kier alpha value is -1.30. The van der Waals surface area contributed by atoms with Crippen molar-refractivity contribution in [2.45, 2.75) is 45.6 Å². The van der Waals surface area contributed by atoms with Gasteiger partial charge in [0.25, 0.3) is 0 Å². The maximum absolute atomic E-state index is 11.7. The third-order valence-electron chi connectivity index (χ3n) is 2.84. The molecule has 6 heteroatoms. The molecule has 19 heavy (non-hydrogen) atoms. The first-order chi connectivity index (χ1) is 9.04. The molecule has 3 N–H and O–H groups in total. The highest BCUT2D eigenvalue weighted by Crippen LogP contribution is 2.05. The van der Waals surface area contributed by atoms with Crippen molar-refractivity contribution in [3.63, 3.8) is 0 Å². The highest BCUT2D eigenvalue weighted by atomic mass is 16.5. The van der Waals surface area contributed by atoms with Crippen molar-refractivity contribution in [1.82, 2.24) is 10.6 Å². The van der Waals surface area contributed by atoms with Gasteiger partial charge < -0.3 is 20.5 Å². The molecular formula is C13H26N2O4. The Balaban J connectivity index is 4.09. The zero-order chi connectivity index (χ0) is 14.7. The number of hydrogen-bond acceptors (Lipinski definition) is 3. The fraction of sp³-hybridized carbons (Fsp3) is 0.846. The zero-order valence-corrected chi connectivity index (χ0v) is 12.1. The SMILES string of the molecule is CCCC(COC)NC(=O)NCC(CCC)C(=O)O. The van der Waals surface area contributed by atoms with E-state index in [-0.39, 0.29) is 18.6 Å². The summed E-state index contributed by atoms with van der Waals surface area (Å²) in [5, 5.41) is 14.4. The molecule has 0 aromatic carbocycles. The van der Waals surface area contributed by atoms with Crippen molar-refractivity contribution in [2.24, 2.45) is 5.92 Å². The molecule has 0 heterocycles. The molecule has 0 aliphatic heterocycles. The minimum absolute atomic E-state index is 0.0375. The van der Waals surface area contributed by atoms with E-state index in [1.54, 1.807) is 7.11 Å². The summed E-state index contributed by atoms with van der Waals surface area (Å²) in [7, 11) is 1.59. The third kappa shape index (κ3) is 8.42. The first-order valence-corrected chi connectivity index (χ1v) is 6.81. The normalized spacial score (nSPS) is 13.6. The molecule has 0 radical (unpaired) electrons. The summed E-state index contributed by atoms with van der Waals surface area (Å²) < 4.78 is 5.02. The number of carbonyl (C=O) groups is 2. The lowest BCUT2D eigenvalue weighted by Gasteiger charge is -2.18. The Morgan fingerprint density at radius 1 is 1.21 bits per heavy atom. The van der Waals surface area contributed by atoms with Crippen LogP contribution in [0.25, 0.3) is 0 Å². The smallest absolute Gasteiger partial charge is 0.315 e.